The summed E-state index contributed by atoms with van der Waals surface area (Å²) in [6.45, 7) is 4.07. The van der Waals surface area contributed by atoms with Gasteiger partial charge in [-0.2, -0.15) is 0 Å². The van der Waals surface area contributed by atoms with Crippen LogP contribution in [-0.4, -0.2) is 44.3 Å². The lowest BCUT2D eigenvalue weighted by Gasteiger charge is -2.33. The van der Waals surface area contributed by atoms with Crippen LogP contribution >= 0.6 is 0 Å². The van der Waals surface area contributed by atoms with E-state index in [-0.39, 0.29) is 11.8 Å². The summed E-state index contributed by atoms with van der Waals surface area (Å²) in [5, 5.41) is 0.897. The predicted molar refractivity (Wildman–Crippen MR) is 115 cm³/mol. The number of primary amides is 1. The number of hydrogen-bond acceptors (Lipinski definition) is 4. The maximum absolute atomic E-state index is 12.8. The second kappa shape index (κ2) is 8.65. The smallest absolute Gasteiger partial charge is 0.250 e. The number of nitrogens with zero attached hydrogens (tertiary/aromatic N) is 4. The van der Waals surface area contributed by atoms with E-state index in [4.69, 9.17) is 10.7 Å². The summed E-state index contributed by atoms with van der Waals surface area (Å²) in [4.78, 5) is 35.8. The Labute approximate surface area is 175 Å². The highest BCUT2D eigenvalue weighted by molar-refractivity contribution is 5.97. The van der Waals surface area contributed by atoms with Gasteiger partial charge in [0.15, 0.2) is 0 Å². The van der Waals surface area contributed by atoms with E-state index >= 15 is 0 Å². The Morgan fingerprint density at radius 2 is 2.10 bits per heavy atom. The Balaban J connectivity index is 1.47. The topological polar surface area (TPSA) is 94.1 Å². The SMILES string of the molecule is Cc1nccn1CCCC(=O)N1CCCC(c2nc3ccccc3cc2C(N)=O)C1. The minimum Gasteiger partial charge on any atom is -0.366 e. The molecule has 1 saturated heterocycles. The second-order valence-corrected chi connectivity index (χ2v) is 7.93. The summed E-state index contributed by atoms with van der Waals surface area (Å²) in [7, 11) is 0. The van der Waals surface area contributed by atoms with E-state index in [0.717, 1.165) is 49.1 Å². The molecule has 1 aromatic carbocycles. The number of nitrogens with two attached hydrogens (primary N) is 1. The molecule has 0 spiro atoms. The van der Waals surface area contributed by atoms with Crippen molar-refractivity contribution in [2.45, 2.75) is 45.1 Å². The van der Waals surface area contributed by atoms with Crippen LogP contribution in [0.25, 0.3) is 10.9 Å². The van der Waals surface area contributed by atoms with Crippen molar-refractivity contribution in [3.8, 4) is 0 Å². The monoisotopic (exact) mass is 405 g/mol. The molecular weight excluding hydrogens is 378 g/mol. The van der Waals surface area contributed by atoms with Crippen molar-refractivity contribution >= 4 is 22.7 Å². The molecule has 1 aliphatic heterocycles. The molecule has 2 N–H and O–H groups in total. The van der Waals surface area contributed by atoms with Crippen LogP contribution in [0, 0.1) is 6.92 Å². The minimum absolute atomic E-state index is 0.0192. The third kappa shape index (κ3) is 4.20. The number of pyridine rings is 1. The van der Waals surface area contributed by atoms with Crippen molar-refractivity contribution < 1.29 is 9.59 Å². The maximum Gasteiger partial charge on any atom is 0.250 e. The lowest BCUT2D eigenvalue weighted by Crippen LogP contribution is -2.39. The quantitative estimate of drug-likeness (QED) is 0.682. The van der Waals surface area contributed by atoms with Crippen LogP contribution < -0.4 is 5.73 Å². The Morgan fingerprint density at radius 1 is 1.27 bits per heavy atom. The summed E-state index contributed by atoms with van der Waals surface area (Å²) in [5.74, 6) is 0.661. The molecule has 3 heterocycles. The molecule has 1 unspecified atom stereocenters. The van der Waals surface area contributed by atoms with Crippen LogP contribution in [-0.2, 0) is 11.3 Å². The van der Waals surface area contributed by atoms with Crippen LogP contribution in [0.4, 0.5) is 0 Å². The van der Waals surface area contributed by atoms with E-state index < -0.39 is 5.91 Å². The Morgan fingerprint density at radius 3 is 2.87 bits per heavy atom. The summed E-state index contributed by atoms with van der Waals surface area (Å²) in [5.41, 5.74) is 7.69. The first kappa shape index (κ1) is 20.1. The highest BCUT2D eigenvalue weighted by atomic mass is 16.2. The molecule has 4 rings (SSSR count). The maximum atomic E-state index is 12.8. The van der Waals surface area contributed by atoms with Crippen LogP contribution in [0.15, 0.2) is 42.7 Å². The molecule has 7 heteroatoms. The lowest BCUT2D eigenvalue weighted by molar-refractivity contribution is -0.132. The molecule has 0 bridgehead atoms. The van der Waals surface area contributed by atoms with Crippen molar-refractivity contribution in [1.29, 1.82) is 0 Å². The number of aryl methyl sites for hydroxylation is 2. The van der Waals surface area contributed by atoms with Crippen molar-refractivity contribution in [3.63, 3.8) is 0 Å². The highest BCUT2D eigenvalue weighted by Gasteiger charge is 2.28. The van der Waals surface area contributed by atoms with Gasteiger partial charge in [0.1, 0.15) is 5.82 Å². The van der Waals surface area contributed by atoms with Gasteiger partial charge in [-0.1, -0.05) is 18.2 Å². The largest absolute Gasteiger partial charge is 0.366 e. The lowest BCUT2D eigenvalue weighted by atomic mass is 9.90. The van der Waals surface area contributed by atoms with Crippen molar-refractivity contribution in [2.24, 2.45) is 5.73 Å². The van der Waals surface area contributed by atoms with Gasteiger partial charge < -0.3 is 15.2 Å². The van der Waals surface area contributed by atoms with Gasteiger partial charge >= 0.3 is 0 Å². The molecule has 3 aromatic rings. The van der Waals surface area contributed by atoms with Gasteiger partial charge in [0, 0.05) is 49.8 Å². The molecule has 0 saturated carbocycles. The van der Waals surface area contributed by atoms with Gasteiger partial charge in [0.05, 0.1) is 16.8 Å². The summed E-state index contributed by atoms with van der Waals surface area (Å²) in [6, 6.07) is 9.54. The molecule has 156 valence electrons. The first-order chi connectivity index (χ1) is 14.5. The molecule has 1 aliphatic rings. The summed E-state index contributed by atoms with van der Waals surface area (Å²) in [6.07, 6.45) is 6.77. The Bertz CT molecular complexity index is 1070. The number of carbonyl (C=O) groups is 2. The summed E-state index contributed by atoms with van der Waals surface area (Å²) < 4.78 is 2.06. The number of rotatable bonds is 6. The van der Waals surface area contributed by atoms with E-state index in [1.807, 2.05) is 48.4 Å². The van der Waals surface area contributed by atoms with Crippen molar-refractivity contribution in [2.75, 3.05) is 13.1 Å². The number of likely N-dealkylation sites (tertiary alicyclic amines) is 1. The molecule has 1 fully saturated rings. The van der Waals surface area contributed by atoms with E-state index in [0.29, 0.717) is 24.2 Å². The number of piperidine rings is 1. The van der Waals surface area contributed by atoms with Crippen LogP contribution in [0.3, 0.4) is 0 Å². The average molecular weight is 406 g/mol. The normalized spacial score (nSPS) is 16.7. The standard InChI is InChI=1S/C23H27N5O2/c1-16-25-10-13-27(16)11-5-9-21(29)28-12-4-7-18(15-28)22-19(23(24)30)14-17-6-2-3-8-20(17)26-22/h2-3,6,8,10,13-14,18H,4-5,7,9,11-12,15H2,1H3,(H2,24,30). The van der Waals surface area contributed by atoms with Gasteiger partial charge in [-0.3, -0.25) is 14.6 Å². The number of carbonyl (C=O) groups excluding carboxylic acids is 2. The number of aromatic nitrogens is 3. The number of hydrogen-bond donors (Lipinski definition) is 1. The number of fused-ring (bicyclic) bond motifs is 1. The van der Waals surface area contributed by atoms with E-state index in [9.17, 15) is 9.59 Å². The Hall–Kier alpha value is -3.22. The van der Waals surface area contributed by atoms with Crippen LogP contribution in [0.1, 0.15) is 53.5 Å². The number of para-hydroxylation sites is 1. The number of imidazole rings is 1. The van der Waals surface area contributed by atoms with Crippen molar-refractivity contribution in [3.05, 3.63) is 59.8 Å². The highest BCUT2D eigenvalue weighted by Crippen LogP contribution is 2.30. The average Bonchev–Trinajstić information content (AvgIpc) is 3.17. The van der Waals surface area contributed by atoms with Gasteiger partial charge in [0.2, 0.25) is 5.91 Å². The van der Waals surface area contributed by atoms with Crippen LogP contribution in [0.2, 0.25) is 0 Å². The molecule has 0 radical (unpaired) electrons. The van der Waals surface area contributed by atoms with Crippen LogP contribution in [0.5, 0.6) is 0 Å². The van der Waals surface area contributed by atoms with Gasteiger partial charge in [-0.25, -0.2) is 4.98 Å². The first-order valence-corrected chi connectivity index (χ1v) is 10.5. The molecule has 2 amide bonds. The second-order valence-electron chi connectivity index (χ2n) is 7.93. The first-order valence-electron chi connectivity index (χ1n) is 10.5. The fraction of sp³-hybridized carbons (Fsp3) is 0.391. The fourth-order valence-electron chi connectivity index (χ4n) is 4.27. The molecule has 30 heavy (non-hydrogen) atoms. The van der Waals surface area contributed by atoms with E-state index in [1.165, 1.54) is 0 Å². The van der Waals surface area contributed by atoms with Gasteiger partial charge in [0.25, 0.3) is 5.91 Å². The third-order valence-corrected chi connectivity index (χ3v) is 5.89. The Kier molecular flexibility index (Phi) is 5.79. The molecule has 1 atom stereocenters. The molecule has 2 aromatic heterocycles. The zero-order valence-corrected chi connectivity index (χ0v) is 17.3. The van der Waals surface area contributed by atoms with E-state index in [1.54, 1.807) is 6.20 Å². The molecule has 7 nitrogen and oxygen atoms in total. The minimum atomic E-state index is -0.470. The van der Waals surface area contributed by atoms with Gasteiger partial charge in [-0.15, -0.1) is 0 Å². The summed E-state index contributed by atoms with van der Waals surface area (Å²) >= 11 is 0. The van der Waals surface area contributed by atoms with E-state index in [2.05, 4.69) is 9.55 Å². The van der Waals surface area contributed by atoms with Crippen molar-refractivity contribution in [1.82, 2.24) is 19.4 Å². The number of benzene rings is 1. The molecular formula is C23H27N5O2. The van der Waals surface area contributed by atoms with Gasteiger partial charge in [-0.05, 0) is 38.3 Å². The zero-order chi connectivity index (χ0) is 21.1. The molecule has 0 aliphatic carbocycles. The third-order valence-electron chi connectivity index (χ3n) is 5.89. The zero-order valence-electron chi connectivity index (χ0n) is 17.3. The number of amides is 2. The predicted octanol–water partition coefficient (Wildman–Crippen LogP) is 3.03. The fourth-order valence-corrected chi connectivity index (χ4v) is 4.27.